The third-order valence-corrected chi connectivity index (χ3v) is 5.62. The summed E-state index contributed by atoms with van der Waals surface area (Å²) >= 11 is 0. The van der Waals surface area contributed by atoms with Gasteiger partial charge in [-0.15, -0.1) is 9.38 Å². The van der Waals surface area contributed by atoms with Gasteiger partial charge in [0, 0.05) is 25.3 Å². The van der Waals surface area contributed by atoms with Crippen LogP contribution in [0.15, 0.2) is 12.4 Å². The van der Waals surface area contributed by atoms with Gasteiger partial charge < -0.3 is 10.2 Å². The number of fused-ring (bicyclic) bond motifs is 2. The molecule has 3 amide bonds. The Hall–Kier alpha value is -2.33. The highest BCUT2D eigenvalue weighted by Crippen LogP contribution is 2.30. The Labute approximate surface area is 166 Å². The smallest absolute Gasteiger partial charge is 0.309 e. The van der Waals surface area contributed by atoms with E-state index in [-0.39, 0.29) is 25.2 Å². The van der Waals surface area contributed by atoms with E-state index in [1.165, 1.54) is 4.90 Å². The van der Waals surface area contributed by atoms with Crippen LogP contribution in [0.5, 0.6) is 0 Å². The Morgan fingerprint density at radius 2 is 2.21 bits per heavy atom. The van der Waals surface area contributed by atoms with Crippen LogP contribution in [0.25, 0.3) is 0 Å². The van der Waals surface area contributed by atoms with Crippen LogP contribution in [-0.2, 0) is 24.3 Å². The summed E-state index contributed by atoms with van der Waals surface area (Å²) in [6, 6.07) is -1.97. The fourth-order valence-corrected chi connectivity index (χ4v) is 4.31. The molecule has 4 atom stereocenters. The van der Waals surface area contributed by atoms with Crippen LogP contribution in [0.3, 0.4) is 0 Å². The number of hydroxylamine groups is 3. The molecule has 3 N–H and O–H groups in total. The predicted octanol–water partition coefficient (Wildman–Crippen LogP) is -1.77. The number of aromatic nitrogens is 3. The molecule has 4 heterocycles. The maximum absolute atomic E-state index is 12.4. The lowest BCUT2D eigenvalue weighted by atomic mass is 10.0. The number of rotatable bonds is 7. The van der Waals surface area contributed by atoms with Crippen molar-refractivity contribution in [3.05, 3.63) is 12.4 Å². The Morgan fingerprint density at radius 1 is 1.38 bits per heavy atom. The zero-order chi connectivity index (χ0) is 20.6. The maximum atomic E-state index is 12.4. The molecule has 3 aliphatic rings. The van der Waals surface area contributed by atoms with E-state index >= 15 is 0 Å². The normalized spacial score (nSPS) is 29.5. The Bertz CT molecular complexity index is 864. The lowest BCUT2D eigenvalue weighted by Crippen LogP contribution is -2.50. The van der Waals surface area contributed by atoms with Crippen molar-refractivity contribution < 1.29 is 31.7 Å². The lowest BCUT2D eigenvalue weighted by Gasteiger charge is -2.29. The van der Waals surface area contributed by atoms with Crippen molar-refractivity contribution in [1.82, 2.24) is 35.8 Å². The van der Waals surface area contributed by atoms with Crippen molar-refractivity contribution in [2.24, 2.45) is 0 Å². The van der Waals surface area contributed by atoms with Crippen molar-refractivity contribution in [3.63, 3.8) is 0 Å². The average molecular weight is 431 g/mol. The minimum Gasteiger partial charge on any atom is -0.309 e. The van der Waals surface area contributed by atoms with E-state index in [4.69, 9.17) is 9.39 Å². The fraction of sp³-hybridized carbons (Fsp3) is 0.714. The molecule has 2 bridgehead atoms. The summed E-state index contributed by atoms with van der Waals surface area (Å²) < 4.78 is 36.7. The van der Waals surface area contributed by atoms with Crippen LogP contribution in [0.4, 0.5) is 4.79 Å². The van der Waals surface area contributed by atoms with Crippen LogP contribution < -0.4 is 10.8 Å². The zero-order valence-electron chi connectivity index (χ0n) is 15.2. The van der Waals surface area contributed by atoms with Crippen LogP contribution in [0, 0.1) is 0 Å². The highest BCUT2D eigenvalue weighted by atomic mass is 32.3. The Morgan fingerprint density at radius 3 is 2.93 bits per heavy atom. The molecule has 3 fully saturated rings. The number of hydrogen-bond donors (Lipinski definition) is 3. The van der Waals surface area contributed by atoms with E-state index in [0.717, 1.165) is 6.42 Å². The standard InChI is InChI=1S/C14H21N7O7S/c22-13(17-27-8-9-5-11(6-15-9)20-4-3-16-18-20)12-2-1-10-7-19(12)14(23)21(10)28-29(24,25)26/h3-4,9-12,15H,1-2,5-8H2,(H,17,22)(H,24,25,26)/t9-,10+,11-,12-/m0/s1. The minimum absolute atomic E-state index is 0.0207. The fourth-order valence-electron chi connectivity index (χ4n) is 3.92. The summed E-state index contributed by atoms with van der Waals surface area (Å²) in [4.78, 5) is 31.3. The molecular formula is C14H21N7O7S. The van der Waals surface area contributed by atoms with E-state index < -0.39 is 34.4 Å². The number of nitrogens with zero attached hydrogens (tertiary/aromatic N) is 5. The van der Waals surface area contributed by atoms with Gasteiger partial charge in [-0.3, -0.25) is 14.2 Å². The predicted molar refractivity (Wildman–Crippen MR) is 92.9 cm³/mol. The molecule has 0 unspecified atom stereocenters. The number of carbonyl (C=O) groups is 2. The van der Waals surface area contributed by atoms with E-state index in [1.54, 1.807) is 17.1 Å². The molecule has 4 rings (SSSR count). The quantitative estimate of drug-likeness (QED) is 0.332. The van der Waals surface area contributed by atoms with E-state index in [0.29, 0.717) is 24.4 Å². The molecule has 29 heavy (non-hydrogen) atoms. The third-order valence-electron chi connectivity index (χ3n) is 5.27. The second-order valence-electron chi connectivity index (χ2n) is 7.17. The first-order chi connectivity index (χ1) is 13.8. The first-order valence-corrected chi connectivity index (χ1v) is 10.5. The SMILES string of the molecule is O=C(NOC[C@@H]1C[C@H](n2ccnn2)CN1)[C@@H]1CC[C@@H]2CN1C(=O)N2OS(=O)(=O)O. The molecule has 0 aliphatic carbocycles. The summed E-state index contributed by atoms with van der Waals surface area (Å²) in [5.74, 6) is -0.503. The van der Waals surface area contributed by atoms with Gasteiger partial charge in [0.1, 0.15) is 6.04 Å². The molecule has 0 aromatic carbocycles. The van der Waals surface area contributed by atoms with Gasteiger partial charge in [0.2, 0.25) is 0 Å². The molecule has 160 valence electrons. The van der Waals surface area contributed by atoms with Gasteiger partial charge in [0.05, 0.1) is 24.9 Å². The number of hydrogen-bond acceptors (Lipinski definition) is 9. The Kier molecular flexibility index (Phi) is 5.39. The van der Waals surface area contributed by atoms with Crippen LogP contribution in [0.2, 0.25) is 0 Å². The molecule has 1 aromatic rings. The third kappa shape index (κ3) is 4.32. The van der Waals surface area contributed by atoms with Crippen LogP contribution in [0.1, 0.15) is 25.3 Å². The molecule has 0 spiro atoms. The first kappa shape index (κ1) is 20.0. The van der Waals surface area contributed by atoms with Gasteiger partial charge in [-0.1, -0.05) is 5.21 Å². The number of amides is 3. The van der Waals surface area contributed by atoms with Gasteiger partial charge in [0.15, 0.2) is 0 Å². The molecule has 14 nitrogen and oxygen atoms in total. The molecule has 3 aliphatic heterocycles. The second-order valence-corrected chi connectivity index (χ2v) is 8.17. The van der Waals surface area contributed by atoms with Gasteiger partial charge in [-0.25, -0.2) is 15.0 Å². The summed E-state index contributed by atoms with van der Waals surface area (Å²) in [5.41, 5.74) is 2.36. The first-order valence-electron chi connectivity index (χ1n) is 9.09. The lowest BCUT2D eigenvalue weighted by molar-refractivity contribution is -0.139. The Balaban J connectivity index is 1.25. The van der Waals surface area contributed by atoms with E-state index in [1.807, 2.05) is 0 Å². The molecule has 3 saturated heterocycles. The number of urea groups is 1. The number of nitrogens with one attached hydrogen (secondary N) is 2. The molecule has 0 radical (unpaired) electrons. The molecular weight excluding hydrogens is 410 g/mol. The maximum Gasteiger partial charge on any atom is 0.418 e. The van der Waals surface area contributed by atoms with Crippen molar-refractivity contribution in [2.45, 2.75) is 43.4 Å². The zero-order valence-corrected chi connectivity index (χ0v) is 16.1. The largest absolute Gasteiger partial charge is 0.418 e. The van der Waals surface area contributed by atoms with Crippen molar-refractivity contribution >= 4 is 22.3 Å². The monoisotopic (exact) mass is 431 g/mol. The van der Waals surface area contributed by atoms with E-state index in [9.17, 15) is 18.0 Å². The van der Waals surface area contributed by atoms with Gasteiger partial charge in [-0.2, -0.15) is 13.5 Å². The number of carbonyl (C=O) groups excluding carboxylic acids is 2. The molecule has 0 saturated carbocycles. The molecule has 1 aromatic heterocycles. The minimum atomic E-state index is -4.83. The number of piperidine rings is 1. The van der Waals surface area contributed by atoms with Crippen LogP contribution >= 0.6 is 0 Å². The van der Waals surface area contributed by atoms with Gasteiger partial charge >= 0.3 is 16.4 Å². The van der Waals surface area contributed by atoms with Crippen LogP contribution in [-0.4, -0.2) is 87.7 Å². The average Bonchev–Trinajstić information content (AvgIpc) is 3.39. The van der Waals surface area contributed by atoms with Crippen molar-refractivity contribution in [3.8, 4) is 0 Å². The van der Waals surface area contributed by atoms with Crippen molar-refractivity contribution in [2.75, 3.05) is 19.7 Å². The summed E-state index contributed by atoms with van der Waals surface area (Å²) in [5, 5.41) is 11.6. The summed E-state index contributed by atoms with van der Waals surface area (Å²) in [6.07, 6.45) is 4.82. The van der Waals surface area contributed by atoms with Gasteiger partial charge in [-0.05, 0) is 19.3 Å². The van der Waals surface area contributed by atoms with Gasteiger partial charge in [0.25, 0.3) is 5.91 Å². The molecule has 15 heteroatoms. The second kappa shape index (κ2) is 7.83. The summed E-state index contributed by atoms with van der Waals surface area (Å²) in [6.45, 7) is 1.07. The highest BCUT2D eigenvalue weighted by Gasteiger charge is 2.49. The summed E-state index contributed by atoms with van der Waals surface area (Å²) in [7, 11) is -4.83. The van der Waals surface area contributed by atoms with E-state index in [2.05, 4.69) is 25.4 Å². The topological polar surface area (TPSA) is 168 Å². The van der Waals surface area contributed by atoms with Crippen molar-refractivity contribution in [1.29, 1.82) is 0 Å². The highest BCUT2D eigenvalue weighted by molar-refractivity contribution is 7.80.